The topological polar surface area (TPSA) is 98.5 Å². The molecule has 2 amide bonds. The van der Waals surface area contributed by atoms with E-state index in [4.69, 9.17) is 15.2 Å². The van der Waals surface area contributed by atoms with Gasteiger partial charge in [0.25, 0.3) is 0 Å². The first-order chi connectivity index (χ1) is 14.9. The van der Waals surface area contributed by atoms with E-state index >= 15 is 0 Å². The number of halogens is 3. The maximum absolute atomic E-state index is 13.7. The fourth-order valence-electron chi connectivity index (χ4n) is 3.63. The van der Waals surface area contributed by atoms with Crippen molar-refractivity contribution < 1.29 is 27.4 Å². The Morgan fingerprint density at radius 1 is 1.03 bits per heavy atom. The highest BCUT2D eigenvalue weighted by Crippen LogP contribution is 2.54. The number of nitrogen functional groups attached to an aromatic ring is 1. The number of nitrogens with two attached hydrogens (primary N) is 1. The molecule has 3 aromatic rings. The van der Waals surface area contributed by atoms with Crippen LogP contribution in [0.15, 0.2) is 48.7 Å². The molecular weight excluding hydrogens is 413 g/mol. The highest BCUT2D eigenvalue weighted by molar-refractivity contribution is 5.90. The second-order valence-electron chi connectivity index (χ2n) is 7.20. The van der Waals surface area contributed by atoms with E-state index in [0.29, 0.717) is 35.2 Å². The molecule has 1 aromatic heterocycles. The van der Waals surface area contributed by atoms with E-state index in [2.05, 4.69) is 15.6 Å². The van der Waals surface area contributed by atoms with E-state index < -0.39 is 29.2 Å². The summed E-state index contributed by atoms with van der Waals surface area (Å²) in [5, 5.41) is 4.84. The summed E-state index contributed by atoms with van der Waals surface area (Å²) in [5.41, 5.74) is 6.05. The van der Waals surface area contributed by atoms with E-state index in [0.717, 1.165) is 5.56 Å². The molecule has 158 valence electrons. The number of aromatic nitrogens is 1. The highest BCUT2D eigenvalue weighted by atomic mass is 19.2. The number of benzene rings is 2. The van der Waals surface area contributed by atoms with Gasteiger partial charge in [0.15, 0.2) is 11.6 Å². The average molecular weight is 428 g/mol. The van der Waals surface area contributed by atoms with Gasteiger partial charge in [0.1, 0.15) is 35.0 Å². The van der Waals surface area contributed by atoms with Crippen molar-refractivity contribution in [2.75, 3.05) is 11.1 Å². The summed E-state index contributed by atoms with van der Waals surface area (Å²) in [6.07, 6.45) is 1.26. The van der Waals surface area contributed by atoms with Crippen LogP contribution in [0.2, 0.25) is 0 Å². The smallest absolute Gasteiger partial charge is 0.319 e. The predicted octanol–water partition coefficient (Wildman–Crippen LogP) is 3.92. The molecule has 3 atom stereocenters. The third kappa shape index (κ3) is 3.56. The number of nitrogens with one attached hydrogen (secondary N) is 2. The Morgan fingerprint density at radius 3 is 2.61 bits per heavy atom. The van der Waals surface area contributed by atoms with Crippen molar-refractivity contribution >= 4 is 17.5 Å². The molecule has 4 N–H and O–H groups in total. The van der Waals surface area contributed by atoms with Gasteiger partial charge in [-0.1, -0.05) is 0 Å². The van der Waals surface area contributed by atoms with Gasteiger partial charge in [0.2, 0.25) is 0 Å². The van der Waals surface area contributed by atoms with Crippen molar-refractivity contribution in [3.05, 3.63) is 71.7 Å². The van der Waals surface area contributed by atoms with Crippen molar-refractivity contribution in [3.8, 4) is 17.2 Å². The zero-order valence-electron chi connectivity index (χ0n) is 15.7. The molecule has 10 heteroatoms. The van der Waals surface area contributed by atoms with Gasteiger partial charge < -0.3 is 25.8 Å². The number of hydrogen-bond donors (Lipinski definition) is 3. The monoisotopic (exact) mass is 428 g/mol. The highest BCUT2D eigenvalue weighted by Gasteiger charge is 2.59. The van der Waals surface area contributed by atoms with Crippen LogP contribution >= 0.6 is 0 Å². The summed E-state index contributed by atoms with van der Waals surface area (Å²) in [5.74, 6) is -1.68. The van der Waals surface area contributed by atoms with Crippen molar-refractivity contribution in [1.82, 2.24) is 10.3 Å². The SMILES string of the molecule is Nc1cc(Oc2ccc3c(c2)[C@H]2C(NC(=O)Nc4cc(F)c(F)cc4F)[C@H]2O3)ccn1. The van der Waals surface area contributed by atoms with Crippen LogP contribution < -0.4 is 25.8 Å². The lowest BCUT2D eigenvalue weighted by molar-refractivity contribution is 0.246. The largest absolute Gasteiger partial charge is 0.487 e. The van der Waals surface area contributed by atoms with Crippen LogP contribution in [0.3, 0.4) is 0 Å². The predicted molar refractivity (Wildman–Crippen MR) is 105 cm³/mol. The van der Waals surface area contributed by atoms with Crippen LogP contribution in [0.1, 0.15) is 11.5 Å². The number of pyridine rings is 1. The second kappa shape index (κ2) is 7.08. The van der Waals surface area contributed by atoms with Crippen LogP contribution in [0.4, 0.5) is 29.5 Å². The number of ether oxygens (including phenoxy) is 2. The van der Waals surface area contributed by atoms with Gasteiger partial charge in [0, 0.05) is 30.0 Å². The van der Waals surface area contributed by atoms with Crippen LogP contribution in [0.5, 0.6) is 17.2 Å². The number of rotatable bonds is 4. The summed E-state index contributed by atoms with van der Waals surface area (Å²) >= 11 is 0. The molecule has 0 radical (unpaired) electrons. The molecule has 0 spiro atoms. The van der Waals surface area contributed by atoms with Gasteiger partial charge in [-0.2, -0.15) is 0 Å². The van der Waals surface area contributed by atoms with Crippen LogP contribution in [0, 0.1) is 17.5 Å². The molecule has 1 aliphatic heterocycles. The lowest BCUT2D eigenvalue weighted by Crippen LogP contribution is -2.34. The number of fused-ring (bicyclic) bond motifs is 3. The minimum absolute atomic E-state index is 0.110. The van der Waals surface area contributed by atoms with Gasteiger partial charge in [-0.3, -0.25) is 0 Å². The molecule has 7 nitrogen and oxygen atoms in total. The van der Waals surface area contributed by atoms with Gasteiger partial charge in [-0.05, 0) is 24.3 Å². The third-order valence-electron chi connectivity index (χ3n) is 5.10. The van der Waals surface area contributed by atoms with E-state index in [1.165, 1.54) is 6.20 Å². The molecule has 5 rings (SSSR count). The number of amides is 2. The fraction of sp³-hybridized carbons (Fsp3) is 0.143. The Hall–Kier alpha value is -3.95. The number of nitrogens with zero attached hydrogens (tertiary/aromatic N) is 1. The lowest BCUT2D eigenvalue weighted by Gasteiger charge is -2.13. The Morgan fingerprint density at radius 2 is 1.81 bits per heavy atom. The zero-order valence-corrected chi connectivity index (χ0v) is 15.7. The average Bonchev–Trinajstić information content (AvgIpc) is 3.23. The van der Waals surface area contributed by atoms with Gasteiger partial charge in [-0.25, -0.2) is 22.9 Å². The normalized spacial score (nSPS) is 20.3. The third-order valence-corrected chi connectivity index (χ3v) is 5.10. The summed E-state index contributed by atoms with van der Waals surface area (Å²) in [6.45, 7) is 0. The van der Waals surface area contributed by atoms with Crippen LogP contribution in [-0.2, 0) is 0 Å². The summed E-state index contributed by atoms with van der Waals surface area (Å²) in [7, 11) is 0. The molecule has 1 saturated carbocycles. The first kappa shape index (κ1) is 19.0. The molecule has 0 bridgehead atoms. The van der Waals surface area contributed by atoms with Crippen molar-refractivity contribution in [2.24, 2.45) is 0 Å². The molecule has 31 heavy (non-hydrogen) atoms. The molecular formula is C21H15F3N4O3. The molecule has 2 aliphatic rings. The van der Waals surface area contributed by atoms with E-state index in [1.54, 1.807) is 24.3 Å². The Bertz CT molecular complexity index is 1210. The van der Waals surface area contributed by atoms with E-state index in [9.17, 15) is 18.0 Å². The molecule has 2 heterocycles. The number of anilines is 2. The van der Waals surface area contributed by atoms with Crippen LogP contribution in [0.25, 0.3) is 0 Å². The number of hydrogen-bond acceptors (Lipinski definition) is 5. The summed E-state index contributed by atoms with van der Waals surface area (Å²) in [6, 6.07) is 8.44. The van der Waals surface area contributed by atoms with Gasteiger partial charge >= 0.3 is 6.03 Å². The van der Waals surface area contributed by atoms with Crippen molar-refractivity contribution in [3.63, 3.8) is 0 Å². The first-order valence-electron chi connectivity index (χ1n) is 9.31. The van der Waals surface area contributed by atoms with Crippen molar-refractivity contribution in [1.29, 1.82) is 0 Å². The van der Waals surface area contributed by atoms with E-state index in [1.807, 2.05) is 6.07 Å². The number of carbonyl (C=O) groups excluding carboxylic acids is 1. The Labute approximate surface area is 174 Å². The summed E-state index contributed by atoms with van der Waals surface area (Å²) in [4.78, 5) is 16.1. The number of urea groups is 1. The Kier molecular flexibility index (Phi) is 4.35. The first-order valence-corrected chi connectivity index (χ1v) is 9.31. The standard InChI is InChI=1S/C21H15F3N4O3/c22-12-7-14(24)15(8-13(12)23)27-21(29)28-19-18-11-5-9(1-2-16(11)31-20(18)19)30-10-3-4-26-17(25)6-10/h1-8,18-20H,(H2,25,26)(H2,27,28,29)/t18-,19?,20-/m0/s1. The van der Waals surface area contributed by atoms with E-state index in [-0.39, 0.29) is 18.1 Å². The lowest BCUT2D eigenvalue weighted by atomic mass is 10.1. The van der Waals surface area contributed by atoms with Crippen molar-refractivity contribution in [2.45, 2.75) is 18.1 Å². The van der Waals surface area contributed by atoms with Crippen LogP contribution in [-0.4, -0.2) is 23.2 Å². The molecule has 1 aliphatic carbocycles. The molecule has 0 saturated heterocycles. The Balaban J connectivity index is 1.26. The van der Waals surface area contributed by atoms with Gasteiger partial charge in [0.05, 0.1) is 17.6 Å². The molecule has 1 fully saturated rings. The minimum Gasteiger partial charge on any atom is -0.487 e. The quantitative estimate of drug-likeness (QED) is 0.547. The minimum atomic E-state index is -1.34. The maximum Gasteiger partial charge on any atom is 0.319 e. The maximum atomic E-state index is 13.7. The molecule has 1 unspecified atom stereocenters. The zero-order chi connectivity index (χ0) is 21.7. The second-order valence-corrected chi connectivity index (χ2v) is 7.20. The number of carbonyl (C=O) groups is 1. The summed E-state index contributed by atoms with van der Waals surface area (Å²) < 4.78 is 51.7. The van der Waals surface area contributed by atoms with Gasteiger partial charge in [-0.15, -0.1) is 0 Å². The molecule has 2 aromatic carbocycles. The fourth-order valence-corrected chi connectivity index (χ4v) is 3.63.